The van der Waals surface area contributed by atoms with Gasteiger partial charge in [0.15, 0.2) is 5.16 Å². The van der Waals surface area contributed by atoms with Gasteiger partial charge in [0.1, 0.15) is 5.75 Å². The van der Waals surface area contributed by atoms with Crippen LogP contribution < -0.4 is 4.74 Å². The van der Waals surface area contributed by atoms with E-state index in [1.807, 2.05) is 25.1 Å². The fourth-order valence-electron chi connectivity index (χ4n) is 2.63. The van der Waals surface area contributed by atoms with Crippen molar-refractivity contribution in [3.63, 3.8) is 0 Å². The zero-order valence-corrected chi connectivity index (χ0v) is 12.5. The topological polar surface area (TPSA) is 64.3 Å². The Morgan fingerprint density at radius 3 is 3.14 bits per heavy atom. The van der Waals surface area contributed by atoms with Gasteiger partial charge in [-0.25, -0.2) is 4.98 Å². The molecule has 3 rings (SSSR count). The zero-order chi connectivity index (χ0) is 14.8. The van der Waals surface area contributed by atoms with Gasteiger partial charge >= 0.3 is 5.97 Å². The Bertz CT molecular complexity index is 669. The van der Waals surface area contributed by atoms with E-state index in [0.29, 0.717) is 6.61 Å². The SMILES string of the molecule is Cc1cnc(SCC(=O)O)n1C1CCOc2ccccc21. The molecule has 1 aromatic heterocycles. The molecule has 1 aliphatic heterocycles. The molecule has 21 heavy (non-hydrogen) atoms. The van der Waals surface area contributed by atoms with E-state index in [1.165, 1.54) is 11.8 Å². The van der Waals surface area contributed by atoms with Crippen LogP contribution in [0.1, 0.15) is 23.7 Å². The van der Waals surface area contributed by atoms with E-state index in [2.05, 4.69) is 15.6 Å². The lowest BCUT2D eigenvalue weighted by Crippen LogP contribution is -2.21. The summed E-state index contributed by atoms with van der Waals surface area (Å²) in [5.74, 6) is 0.0806. The number of aliphatic carboxylic acids is 1. The van der Waals surface area contributed by atoms with Gasteiger partial charge in [0.25, 0.3) is 0 Å². The van der Waals surface area contributed by atoms with Gasteiger partial charge in [0.05, 0.1) is 18.4 Å². The predicted octanol–water partition coefficient (Wildman–Crippen LogP) is 2.74. The maximum Gasteiger partial charge on any atom is 0.313 e. The molecule has 0 amide bonds. The van der Waals surface area contributed by atoms with Gasteiger partial charge in [-0.15, -0.1) is 0 Å². The smallest absolute Gasteiger partial charge is 0.313 e. The number of rotatable bonds is 4. The van der Waals surface area contributed by atoms with E-state index in [-0.39, 0.29) is 11.8 Å². The van der Waals surface area contributed by atoms with Gasteiger partial charge in [-0.05, 0) is 13.0 Å². The number of imidazole rings is 1. The number of hydrogen-bond donors (Lipinski definition) is 1. The summed E-state index contributed by atoms with van der Waals surface area (Å²) in [7, 11) is 0. The summed E-state index contributed by atoms with van der Waals surface area (Å²) in [5, 5.41) is 9.61. The summed E-state index contributed by atoms with van der Waals surface area (Å²) in [6.45, 7) is 2.65. The molecule has 1 N–H and O–H groups in total. The molecule has 0 bridgehead atoms. The molecule has 1 atom stereocenters. The van der Waals surface area contributed by atoms with E-state index in [4.69, 9.17) is 9.84 Å². The number of para-hydroxylation sites is 1. The van der Waals surface area contributed by atoms with Gasteiger partial charge < -0.3 is 14.4 Å². The van der Waals surface area contributed by atoms with Crippen LogP contribution in [0.2, 0.25) is 0 Å². The van der Waals surface area contributed by atoms with Crippen molar-refractivity contribution < 1.29 is 14.6 Å². The average Bonchev–Trinajstić information content (AvgIpc) is 2.85. The van der Waals surface area contributed by atoms with Crippen molar-refractivity contribution in [1.29, 1.82) is 0 Å². The van der Waals surface area contributed by atoms with Gasteiger partial charge in [-0.1, -0.05) is 30.0 Å². The third kappa shape index (κ3) is 2.76. The number of aryl methyl sites for hydroxylation is 1. The van der Waals surface area contributed by atoms with Crippen molar-refractivity contribution in [1.82, 2.24) is 9.55 Å². The number of hydrogen-bond acceptors (Lipinski definition) is 4. The molecule has 0 radical (unpaired) electrons. The first-order valence-corrected chi connectivity index (χ1v) is 7.75. The van der Waals surface area contributed by atoms with Crippen molar-refractivity contribution in [3.8, 4) is 5.75 Å². The third-order valence-electron chi connectivity index (χ3n) is 3.51. The summed E-state index contributed by atoms with van der Waals surface area (Å²) in [5.41, 5.74) is 2.16. The van der Waals surface area contributed by atoms with Crippen molar-refractivity contribution in [2.45, 2.75) is 24.5 Å². The van der Waals surface area contributed by atoms with Crippen molar-refractivity contribution >= 4 is 17.7 Å². The summed E-state index contributed by atoms with van der Waals surface area (Å²) in [4.78, 5) is 15.1. The number of thioether (sulfide) groups is 1. The maximum atomic E-state index is 10.8. The lowest BCUT2D eigenvalue weighted by atomic mass is 10.0. The minimum Gasteiger partial charge on any atom is -0.493 e. The van der Waals surface area contributed by atoms with Crippen LogP contribution >= 0.6 is 11.8 Å². The fraction of sp³-hybridized carbons (Fsp3) is 0.333. The third-order valence-corrected chi connectivity index (χ3v) is 4.46. The van der Waals surface area contributed by atoms with Crippen LogP contribution in [0.5, 0.6) is 5.75 Å². The van der Waals surface area contributed by atoms with E-state index in [9.17, 15) is 4.79 Å². The van der Waals surface area contributed by atoms with Crippen LogP contribution in [-0.2, 0) is 4.79 Å². The maximum absolute atomic E-state index is 10.8. The second kappa shape index (κ2) is 5.81. The normalized spacial score (nSPS) is 17.1. The second-order valence-electron chi connectivity index (χ2n) is 4.93. The van der Waals surface area contributed by atoms with Gasteiger partial charge in [-0.2, -0.15) is 0 Å². The van der Waals surface area contributed by atoms with E-state index < -0.39 is 5.97 Å². The highest BCUT2D eigenvalue weighted by molar-refractivity contribution is 7.99. The highest BCUT2D eigenvalue weighted by Crippen LogP contribution is 2.37. The van der Waals surface area contributed by atoms with E-state index in [1.54, 1.807) is 6.20 Å². The first kappa shape index (κ1) is 14.0. The quantitative estimate of drug-likeness (QED) is 0.880. The lowest BCUT2D eigenvalue weighted by molar-refractivity contribution is -0.133. The molecule has 1 aromatic carbocycles. The van der Waals surface area contributed by atoms with Gasteiger partial charge in [-0.3, -0.25) is 4.79 Å². The summed E-state index contributed by atoms with van der Waals surface area (Å²) < 4.78 is 7.82. The fourth-order valence-corrected chi connectivity index (χ4v) is 3.42. The number of carboxylic acids is 1. The monoisotopic (exact) mass is 304 g/mol. The molecule has 0 saturated carbocycles. The Kier molecular flexibility index (Phi) is 3.88. The molecule has 110 valence electrons. The first-order valence-electron chi connectivity index (χ1n) is 6.77. The molecule has 6 heteroatoms. The molecule has 2 heterocycles. The number of carbonyl (C=O) groups is 1. The molecule has 1 unspecified atom stereocenters. The molecular formula is C15H16N2O3S. The molecule has 1 aliphatic rings. The Balaban J connectivity index is 1.98. The molecule has 2 aromatic rings. The minimum absolute atomic E-state index is 0.0152. The lowest BCUT2D eigenvalue weighted by Gasteiger charge is -2.28. The molecule has 5 nitrogen and oxygen atoms in total. The summed E-state index contributed by atoms with van der Waals surface area (Å²) >= 11 is 1.26. The van der Waals surface area contributed by atoms with Crippen molar-refractivity contribution in [2.24, 2.45) is 0 Å². The summed E-state index contributed by atoms with van der Waals surface area (Å²) in [6, 6.07) is 8.13. The van der Waals surface area contributed by atoms with Crippen LogP contribution in [0.4, 0.5) is 0 Å². The predicted molar refractivity (Wildman–Crippen MR) is 80.0 cm³/mol. The molecule has 0 saturated heterocycles. The number of ether oxygens (including phenoxy) is 1. The van der Waals surface area contributed by atoms with Gasteiger partial charge in [0, 0.05) is 23.9 Å². The van der Waals surface area contributed by atoms with Crippen LogP contribution in [0.25, 0.3) is 0 Å². The van der Waals surface area contributed by atoms with Crippen LogP contribution in [0, 0.1) is 6.92 Å². The molecule has 0 spiro atoms. The summed E-state index contributed by atoms with van der Waals surface area (Å²) in [6.07, 6.45) is 2.65. The number of fused-ring (bicyclic) bond motifs is 1. The standard InChI is InChI=1S/C15H16N2O3S/c1-10-8-16-15(21-9-14(18)19)17(10)12-6-7-20-13-5-3-2-4-11(12)13/h2-5,8,12H,6-7,9H2,1H3,(H,18,19). The van der Waals surface area contributed by atoms with Crippen molar-refractivity contribution in [3.05, 3.63) is 41.7 Å². The van der Waals surface area contributed by atoms with E-state index >= 15 is 0 Å². The molecule has 0 aliphatic carbocycles. The number of nitrogens with zero attached hydrogens (tertiary/aromatic N) is 2. The Labute approximate surface area is 127 Å². The highest BCUT2D eigenvalue weighted by atomic mass is 32.2. The number of aromatic nitrogens is 2. The minimum atomic E-state index is -0.834. The van der Waals surface area contributed by atoms with Gasteiger partial charge in [0.2, 0.25) is 0 Å². The number of benzene rings is 1. The van der Waals surface area contributed by atoms with Crippen LogP contribution in [-0.4, -0.2) is 33.0 Å². The Morgan fingerprint density at radius 1 is 1.52 bits per heavy atom. The second-order valence-corrected chi connectivity index (χ2v) is 5.87. The zero-order valence-electron chi connectivity index (χ0n) is 11.7. The highest BCUT2D eigenvalue weighted by Gasteiger charge is 2.26. The molecular weight excluding hydrogens is 288 g/mol. The number of carboxylic acid groups (broad SMARTS) is 1. The largest absolute Gasteiger partial charge is 0.493 e. The average molecular weight is 304 g/mol. The van der Waals surface area contributed by atoms with Crippen LogP contribution in [0.15, 0.2) is 35.6 Å². The van der Waals surface area contributed by atoms with Crippen molar-refractivity contribution in [2.75, 3.05) is 12.4 Å². The Morgan fingerprint density at radius 2 is 2.33 bits per heavy atom. The molecule has 0 fully saturated rings. The van der Waals surface area contributed by atoms with Crippen LogP contribution in [0.3, 0.4) is 0 Å². The van der Waals surface area contributed by atoms with E-state index in [0.717, 1.165) is 28.6 Å². The first-order chi connectivity index (χ1) is 10.2. The Hall–Kier alpha value is -1.95.